The van der Waals surface area contributed by atoms with E-state index in [0.29, 0.717) is 29.4 Å². The van der Waals surface area contributed by atoms with Crippen LogP contribution >= 0.6 is 35.0 Å². The molecule has 2 fully saturated rings. The van der Waals surface area contributed by atoms with E-state index in [1.165, 1.54) is 59.4 Å². The summed E-state index contributed by atoms with van der Waals surface area (Å²) in [6.07, 6.45) is 3.35. The number of carbonyl (C=O) groups is 2. The van der Waals surface area contributed by atoms with Crippen LogP contribution in [-0.2, 0) is 30.6 Å². The Kier molecular flexibility index (Phi) is 11.3. The van der Waals surface area contributed by atoms with Crippen molar-refractivity contribution in [2.75, 3.05) is 24.7 Å². The van der Waals surface area contributed by atoms with Crippen LogP contribution in [0.25, 0.3) is 0 Å². The minimum atomic E-state index is -3.71. The number of ether oxygens (including phenoxy) is 3. The van der Waals surface area contributed by atoms with Gasteiger partial charge in [-0.1, -0.05) is 47.5 Å². The molecular formula is C31H30Cl2F2N2O7S2. The lowest BCUT2D eigenvalue weighted by atomic mass is 10.0. The van der Waals surface area contributed by atoms with Crippen LogP contribution in [0.1, 0.15) is 36.5 Å². The maximum absolute atomic E-state index is 13.7. The van der Waals surface area contributed by atoms with Gasteiger partial charge in [0.25, 0.3) is 0 Å². The normalized spacial score (nSPS) is 17.2. The number of aromatic nitrogens is 1. The van der Waals surface area contributed by atoms with E-state index in [4.69, 9.17) is 32.7 Å². The minimum absolute atomic E-state index is 0.0102. The standard InChI is InChI=1S/C31H30Cl2F2N2O7S2/c32-23-16-36-17-24(33)22(23)15-26(20-8-9-25(44-31(34)35)27(14-20)42-18-19-6-7-19)43-30(39)29-37(11-12-45-29)28(38)10-13-46(40,41)21-4-2-1-3-5-21/h1-5,8-9,14,16-17,19,26,29,31H,6-7,10-13,15,18H2. The lowest BCUT2D eigenvalue weighted by Crippen LogP contribution is -2.41. The van der Waals surface area contributed by atoms with E-state index in [-0.39, 0.29) is 45.8 Å². The number of nitrogens with zero attached hydrogens (tertiary/aromatic N) is 2. The summed E-state index contributed by atoms with van der Waals surface area (Å²) in [5.41, 5.74) is 0.821. The Balaban J connectivity index is 1.36. The van der Waals surface area contributed by atoms with Crippen molar-refractivity contribution < 1.29 is 41.0 Å². The molecule has 0 spiro atoms. The smallest absolute Gasteiger partial charge is 0.387 e. The van der Waals surface area contributed by atoms with Crippen molar-refractivity contribution >= 4 is 56.7 Å². The van der Waals surface area contributed by atoms with Crippen LogP contribution < -0.4 is 9.47 Å². The molecule has 1 saturated heterocycles. The molecule has 2 unspecified atom stereocenters. The van der Waals surface area contributed by atoms with Gasteiger partial charge < -0.3 is 19.1 Å². The molecule has 2 heterocycles. The van der Waals surface area contributed by atoms with Gasteiger partial charge >= 0.3 is 12.6 Å². The molecule has 0 radical (unpaired) electrons. The third kappa shape index (κ3) is 8.81. The highest BCUT2D eigenvalue weighted by Crippen LogP contribution is 2.38. The zero-order chi connectivity index (χ0) is 32.8. The van der Waals surface area contributed by atoms with E-state index in [0.717, 1.165) is 12.8 Å². The Morgan fingerprint density at radius 2 is 1.76 bits per heavy atom. The van der Waals surface area contributed by atoms with Gasteiger partial charge in [-0.3, -0.25) is 9.78 Å². The molecule has 46 heavy (non-hydrogen) atoms. The third-order valence-corrected chi connectivity index (χ3v) is 11.0. The number of alkyl halides is 2. The van der Waals surface area contributed by atoms with Crippen LogP contribution in [-0.4, -0.2) is 66.8 Å². The van der Waals surface area contributed by atoms with Gasteiger partial charge in [-0.25, -0.2) is 13.2 Å². The fourth-order valence-electron chi connectivity index (χ4n) is 4.80. The topological polar surface area (TPSA) is 112 Å². The number of sulfone groups is 1. The second kappa shape index (κ2) is 15.2. The number of rotatable bonds is 14. The van der Waals surface area contributed by atoms with Crippen molar-refractivity contribution in [3.63, 3.8) is 0 Å². The van der Waals surface area contributed by atoms with Crippen molar-refractivity contribution in [3.8, 4) is 11.5 Å². The summed E-state index contributed by atoms with van der Waals surface area (Å²) in [4.78, 5) is 32.2. The highest BCUT2D eigenvalue weighted by atomic mass is 35.5. The lowest BCUT2D eigenvalue weighted by molar-refractivity contribution is -0.155. The van der Waals surface area contributed by atoms with Crippen LogP contribution in [0.4, 0.5) is 8.78 Å². The van der Waals surface area contributed by atoms with Crippen molar-refractivity contribution in [1.29, 1.82) is 0 Å². The Morgan fingerprint density at radius 3 is 2.43 bits per heavy atom. The van der Waals surface area contributed by atoms with E-state index >= 15 is 0 Å². The number of thioether (sulfide) groups is 1. The molecule has 246 valence electrons. The first kappa shape index (κ1) is 34.2. The highest BCUT2D eigenvalue weighted by molar-refractivity contribution is 8.00. The number of carbonyl (C=O) groups excluding carboxylic acids is 2. The van der Waals surface area contributed by atoms with Gasteiger partial charge in [-0.15, -0.1) is 11.8 Å². The lowest BCUT2D eigenvalue weighted by Gasteiger charge is -2.26. The molecule has 15 heteroatoms. The molecule has 5 rings (SSSR count). The summed E-state index contributed by atoms with van der Waals surface area (Å²) in [6, 6.07) is 12.1. The van der Waals surface area contributed by atoms with Gasteiger partial charge in [0.2, 0.25) is 5.91 Å². The number of esters is 1. The summed E-state index contributed by atoms with van der Waals surface area (Å²) in [5, 5.41) is -0.587. The zero-order valence-corrected chi connectivity index (χ0v) is 27.5. The van der Waals surface area contributed by atoms with Crippen LogP contribution in [0.3, 0.4) is 0 Å². The number of pyridine rings is 1. The first-order valence-electron chi connectivity index (χ1n) is 14.4. The predicted molar refractivity (Wildman–Crippen MR) is 169 cm³/mol. The van der Waals surface area contributed by atoms with Crippen molar-refractivity contribution in [1.82, 2.24) is 9.88 Å². The number of benzene rings is 2. The summed E-state index contributed by atoms with van der Waals surface area (Å²) in [5.74, 6) is -1.03. The fourth-order valence-corrected chi connectivity index (χ4v) is 7.69. The predicted octanol–water partition coefficient (Wildman–Crippen LogP) is 6.37. The molecule has 1 aliphatic carbocycles. The first-order valence-corrected chi connectivity index (χ1v) is 17.9. The Bertz CT molecular complexity index is 1640. The molecule has 2 aromatic carbocycles. The molecule has 1 aromatic heterocycles. The van der Waals surface area contributed by atoms with E-state index < -0.39 is 45.6 Å². The van der Waals surface area contributed by atoms with Crippen molar-refractivity contribution in [2.24, 2.45) is 5.92 Å². The summed E-state index contributed by atoms with van der Waals surface area (Å²) < 4.78 is 68.3. The van der Waals surface area contributed by atoms with Crippen LogP contribution in [0.5, 0.6) is 11.5 Å². The van der Waals surface area contributed by atoms with Crippen LogP contribution in [0.2, 0.25) is 10.0 Å². The fraction of sp³-hybridized carbons (Fsp3) is 0.387. The highest BCUT2D eigenvalue weighted by Gasteiger charge is 2.38. The molecule has 2 atom stereocenters. The molecular weight excluding hydrogens is 685 g/mol. The van der Waals surface area contributed by atoms with E-state index in [1.54, 1.807) is 18.2 Å². The molecule has 1 aliphatic heterocycles. The van der Waals surface area contributed by atoms with Gasteiger partial charge in [0.15, 0.2) is 26.7 Å². The third-order valence-electron chi connectivity index (χ3n) is 7.43. The van der Waals surface area contributed by atoms with Gasteiger partial charge in [-0.05, 0) is 54.2 Å². The van der Waals surface area contributed by atoms with Crippen LogP contribution in [0.15, 0.2) is 65.8 Å². The van der Waals surface area contributed by atoms with E-state index in [9.17, 15) is 26.8 Å². The Morgan fingerprint density at radius 1 is 1.04 bits per heavy atom. The Labute approximate surface area is 279 Å². The van der Waals surface area contributed by atoms with Gasteiger partial charge in [0.05, 0.1) is 27.3 Å². The summed E-state index contributed by atoms with van der Waals surface area (Å²) in [6.45, 7) is -2.55. The molecule has 0 N–H and O–H groups in total. The second-order valence-electron chi connectivity index (χ2n) is 10.7. The zero-order valence-electron chi connectivity index (χ0n) is 24.3. The van der Waals surface area contributed by atoms with Gasteiger partial charge in [-0.2, -0.15) is 8.78 Å². The average Bonchev–Trinajstić information content (AvgIpc) is 3.73. The first-order chi connectivity index (χ1) is 22.0. The summed E-state index contributed by atoms with van der Waals surface area (Å²) >= 11 is 14.0. The molecule has 1 saturated carbocycles. The van der Waals surface area contributed by atoms with Gasteiger partial charge in [0, 0.05) is 37.5 Å². The number of hydrogen-bond acceptors (Lipinski definition) is 9. The van der Waals surface area contributed by atoms with Crippen molar-refractivity contribution in [3.05, 3.63) is 82.1 Å². The van der Waals surface area contributed by atoms with Gasteiger partial charge in [0.1, 0.15) is 6.10 Å². The molecule has 2 aliphatic rings. The largest absolute Gasteiger partial charge is 0.489 e. The monoisotopic (exact) mass is 714 g/mol. The quantitative estimate of drug-likeness (QED) is 0.176. The average molecular weight is 716 g/mol. The minimum Gasteiger partial charge on any atom is -0.489 e. The van der Waals surface area contributed by atoms with E-state index in [1.807, 2.05) is 0 Å². The SMILES string of the molecule is O=C(OC(Cc1c(Cl)cncc1Cl)c1ccc(OC(F)F)c(OCC2CC2)c1)C1SCCN1C(=O)CCS(=O)(=O)c1ccccc1. The van der Waals surface area contributed by atoms with Crippen LogP contribution in [0, 0.1) is 5.92 Å². The second-order valence-corrected chi connectivity index (χ2v) is 14.9. The maximum Gasteiger partial charge on any atom is 0.387 e. The summed E-state index contributed by atoms with van der Waals surface area (Å²) in [7, 11) is -3.71. The Hall–Kier alpha value is -3.13. The molecule has 3 aromatic rings. The van der Waals surface area contributed by atoms with E-state index in [2.05, 4.69) is 9.72 Å². The van der Waals surface area contributed by atoms with Crippen molar-refractivity contribution in [2.45, 2.75) is 48.7 Å². The molecule has 9 nitrogen and oxygen atoms in total. The molecule has 0 bridgehead atoms. The maximum atomic E-state index is 13.7. The number of hydrogen-bond donors (Lipinski definition) is 0. The molecule has 1 amide bonds. The number of halogens is 4. The number of amides is 1.